The quantitative estimate of drug-likeness (QED) is 0.777. The van der Waals surface area contributed by atoms with Crippen molar-refractivity contribution in [3.63, 3.8) is 0 Å². The van der Waals surface area contributed by atoms with Crippen molar-refractivity contribution in [2.45, 2.75) is 6.61 Å². The van der Waals surface area contributed by atoms with Gasteiger partial charge < -0.3 is 19.6 Å². The third-order valence-electron chi connectivity index (χ3n) is 2.33. The highest BCUT2D eigenvalue weighted by Crippen LogP contribution is 2.17. The molecule has 0 spiro atoms. The molecule has 0 saturated heterocycles. The first kappa shape index (κ1) is 12.7. The van der Waals surface area contributed by atoms with Gasteiger partial charge in [-0.2, -0.15) is 0 Å². The van der Waals surface area contributed by atoms with Crippen molar-refractivity contribution in [1.29, 1.82) is 0 Å². The zero-order chi connectivity index (χ0) is 13.7. The van der Waals surface area contributed by atoms with Crippen LogP contribution in [0, 0.1) is 0 Å². The summed E-state index contributed by atoms with van der Waals surface area (Å²) in [6, 6.07) is 9.67. The van der Waals surface area contributed by atoms with Crippen LogP contribution in [0.2, 0.25) is 0 Å². The van der Waals surface area contributed by atoms with E-state index in [-0.39, 0.29) is 12.4 Å². The second kappa shape index (κ2) is 5.72. The summed E-state index contributed by atoms with van der Waals surface area (Å²) < 4.78 is 10.5. The molecule has 2 N–H and O–H groups in total. The number of nitrogens with one attached hydrogen (secondary N) is 1. The average molecular weight is 261 g/mol. The zero-order valence-electron chi connectivity index (χ0n) is 9.83. The van der Waals surface area contributed by atoms with Crippen molar-refractivity contribution in [3.8, 4) is 5.75 Å². The molecule has 0 aliphatic rings. The summed E-state index contributed by atoms with van der Waals surface area (Å²) in [7, 11) is 0. The van der Waals surface area contributed by atoms with Crippen LogP contribution in [0.25, 0.3) is 0 Å². The summed E-state index contributed by atoms with van der Waals surface area (Å²) in [5.74, 6) is -0.225. The molecule has 19 heavy (non-hydrogen) atoms. The SMILES string of the molecule is O=CNc1ccc(OCc2ccc(C(=O)O)o2)cc1. The number of benzene rings is 1. The van der Waals surface area contributed by atoms with Crippen LogP contribution >= 0.6 is 0 Å². The molecule has 6 nitrogen and oxygen atoms in total. The summed E-state index contributed by atoms with van der Waals surface area (Å²) in [6.07, 6.45) is 0.589. The van der Waals surface area contributed by atoms with Crippen molar-refractivity contribution in [2.24, 2.45) is 0 Å². The number of carboxylic acid groups (broad SMARTS) is 1. The lowest BCUT2D eigenvalue weighted by Crippen LogP contribution is -1.96. The maximum absolute atomic E-state index is 10.6. The number of amides is 1. The van der Waals surface area contributed by atoms with Crippen LogP contribution in [-0.2, 0) is 11.4 Å². The second-order valence-electron chi connectivity index (χ2n) is 3.65. The number of aromatic carboxylic acids is 1. The fourth-order valence-electron chi connectivity index (χ4n) is 1.44. The Balaban J connectivity index is 1.93. The van der Waals surface area contributed by atoms with Crippen molar-refractivity contribution in [3.05, 3.63) is 47.9 Å². The Bertz CT molecular complexity index is 573. The largest absolute Gasteiger partial charge is 0.486 e. The maximum atomic E-state index is 10.6. The van der Waals surface area contributed by atoms with Crippen molar-refractivity contribution in [2.75, 3.05) is 5.32 Å². The first-order chi connectivity index (χ1) is 9.19. The number of furan rings is 1. The Morgan fingerprint density at radius 3 is 2.58 bits per heavy atom. The Labute approximate surface area is 108 Å². The molecule has 1 aromatic heterocycles. The number of carbonyl (C=O) groups excluding carboxylic acids is 1. The molecule has 0 radical (unpaired) electrons. The molecular weight excluding hydrogens is 250 g/mol. The smallest absolute Gasteiger partial charge is 0.371 e. The predicted octanol–water partition coefficient (Wildman–Crippen LogP) is 2.13. The number of hydrogen-bond donors (Lipinski definition) is 2. The van der Waals surface area contributed by atoms with Crippen LogP contribution < -0.4 is 10.1 Å². The highest BCUT2D eigenvalue weighted by Gasteiger charge is 2.09. The molecule has 98 valence electrons. The summed E-state index contributed by atoms with van der Waals surface area (Å²) in [6.45, 7) is 0.133. The van der Waals surface area contributed by atoms with Crippen LogP contribution in [0.1, 0.15) is 16.3 Å². The van der Waals surface area contributed by atoms with Crippen LogP contribution in [0.3, 0.4) is 0 Å². The standard InChI is InChI=1S/C13H11NO5/c15-8-14-9-1-3-10(4-2-9)18-7-11-5-6-12(19-11)13(16)17/h1-6,8H,7H2,(H,14,15)(H,16,17). The van der Waals surface area contributed by atoms with Gasteiger partial charge in [0.05, 0.1) is 0 Å². The molecule has 2 rings (SSSR count). The van der Waals surface area contributed by atoms with Crippen LogP contribution in [0.15, 0.2) is 40.8 Å². The van der Waals surface area contributed by atoms with Crippen molar-refractivity contribution < 1.29 is 23.8 Å². The predicted molar refractivity (Wildman–Crippen MR) is 66.1 cm³/mol. The van der Waals surface area contributed by atoms with E-state index in [0.717, 1.165) is 0 Å². The van der Waals surface area contributed by atoms with E-state index in [1.54, 1.807) is 30.3 Å². The van der Waals surface area contributed by atoms with Gasteiger partial charge in [-0.1, -0.05) is 0 Å². The molecule has 2 aromatic rings. The molecule has 0 fully saturated rings. The normalized spacial score (nSPS) is 9.89. The fourth-order valence-corrected chi connectivity index (χ4v) is 1.44. The summed E-state index contributed by atoms with van der Waals surface area (Å²) in [5, 5.41) is 11.2. The first-order valence-corrected chi connectivity index (χ1v) is 5.44. The lowest BCUT2D eigenvalue weighted by atomic mass is 10.3. The number of anilines is 1. The Hall–Kier alpha value is -2.76. The van der Waals surface area contributed by atoms with Crippen molar-refractivity contribution in [1.82, 2.24) is 0 Å². The van der Waals surface area contributed by atoms with Crippen LogP contribution in [-0.4, -0.2) is 17.5 Å². The molecule has 0 bridgehead atoms. The monoisotopic (exact) mass is 261 g/mol. The lowest BCUT2D eigenvalue weighted by Gasteiger charge is -2.05. The third-order valence-corrected chi connectivity index (χ3v) is 2.33. The van der Waals surface area contributed by atoms with Gasteiger partial charge in [0.25, 0.3) is 0 Å². The highest BCUT2D eigenvalue weighted by molar-refractivity contribution is 5.84. The number of carboxylic acids is 1. The maximum Gasteiger partial charge on any atom is 0.371 e. The van der Waals surface area contributed by atoms with E-state index >= 15 is 0 Å². The number of ether oxygens (including phenoxy) is 1. The van der Waals surface area contributed by atoms with Gasteiger partial charge in [-0.15, -0.1) is 0 Å². The van der Waals surface area contributed by atoms with Gasteiger partial charge >= 0.3 is 5.97 Å². The van der Waals surface area contributed by atoms with Crippen molar-refractivity contribution >= 4 is 18.1 Å². The molecule has 0 aliphatic heterocycles. The summed E-state index contributed by atoms with van der Waals surface area (Å²) >= 11 is 0. The van der Waals surface area contributed by atoms with E-state index in [0.29, 0.717) is 23.6 Å². The van der Waals surface area contributed by atoms with Gasteiger partial charge in [-0.05, 0) is 36.4 Å². The molecule has 0 saturated carbocycles. The molecule has 0 unspecified atom stereocenters. The minimum absolute atomic E-state index is 0.121. The number of rotatable bonds is 6. The molecule has 1 aromatic carbocycles. The molecule has 0 atom stereocenters. The van der Waals surface area contributed by atoms with Gasteiger partial charge in [0.15, 0.2) is 0 Å². The van der Waals surface area contributed by atoms with Gasteiger partial charge in [-0.3, -0.25) is 4.79 Å². The van der Waals surface area contributed by atoms with Gasteiger partial charge in [-0.25, -0.2) is 4.79 Å². The van der Waals surface area contributed by atoms with E-state index in [9.17, 15) is 9.59 Å². The lowest BCUT2D eigenvalue weighted by molar-refractivity contribution is -0.105. The molecule has 6 heteroatoms. The van der Waals surface area contributed by atoms with E-state index in [4.69, 9.17) is 14.3 Å². The van der Waals surface area contributed by atoms with Crippen LogP contribution in [0.4, 0.5) is 5.69 Å². The fraction of sp³-hybridized carbons (Fsp3) is 0.0769. The topological polar surface area (TPSA) is 88.8 Å². The summed E-state index contributed by atoms with van der Waals surface area (Å²) in [5.41, 5.74) is 0.661. The summed E-state index contributed by atoms with van der Waals surface area (Å²) in [4.78, 5) is 20.8. The zero-order valence-corrected chi connectivity index (χ0v) is 9.83. The van der Waals surface area contributed by atoms with Gasteiger partial charge in [0, 0.05) is 5.69 Å². The third kappa shape index (κ3) is 3.35. The number of carbonyl (C=O) groups is 2. The molecule has 1 amide bonds. The van der Waals surface area contributed by atoms with E-state index in [1.807, 2.05) is 0 Å². The Morgan fingerprint density at radius 1 is 1.26 bits per heavy atom. The highest BCUT2D eigenvalue weighted by atomic mass is 16.5. The number of hydrogen-bond acceptors (Lipinski definition) is 4. The minimum Gasteiger partial charge on any atom is -0.486 e. The van der Waals surface area contributed by atoms with E-state index in [1.165, 1.54) is 6.07 Å². The Morgan fingerprint density at radius 2 is 2.00 bits per heavy atom. The van der Waals surface area contributed by atoms with E-state index in [2.05, 4.69) is 5.32 Å². The molecule has 1 heterocycles. The second-order valence-corrected chi connectivity index (χ2v) is 3.65. The van der Waals surface area contributed by atoms with Crippen LogP contribution in [0.5, 0.6) is 5.75 Å². The van der Waals surface area contributed by atoms with Gasteiger partial charge in [0.2, 0.25) is 12.2 Å². The van der Waals surface area contributed by atoms with Gasteiger partial charge in [0.1, 0.15) is 18.1 Å². The first-order valence-electron chi connectivity index (χ1n) is 5.44. The average Bonchev–Trinajstić information content (AvgIpc) is 2.87. The van der Waals surface area contributed by atoms with E-state index < -0.39 is 5.97 Å². The Kier molecular flexibility index (Phi) is 3.82. The molecular formula is C13H11NO5. The minimum atomic E-state index is -1.12. The molecule has 0 aliphatic carbocycles.